The Bertz CT molecular complexity index is 849. The maximum Gasteiger partial charge on any atom is 0.375 e. The maximum absolute atomic E-state index is 12.2. The number of aryl methyl sites for hydroxylation is 1. The molecule has 0 amide bonds. The molecule has 27 heavy (non-hydrogen) atoms. The minimum Gasteiger partial charge on any atom is -0.497 e. The molecule has 9 nitrogen and oxygen atoms in total. The fourth-order valence-electron chi connectivity index (χ4n) is 2.08. The van der Waals surface area contributed by atoms with Crippen LogP contribution in [0.5, 0.6) is 5.75 Å². The maximum atomic E-state index is 12.2. The first-order valence-corrected chi connectivity index (χ1v) is 8.11. The summed E-state index contributed by atoms with van der Waals surface area (Å²) in [7, 11) is 1.56. The zero-order chi connectivity index (χ0) is 19.8. The van der Waals surface area contributed by atoms with Crippen molar-refractivity contribution in [2.75, 3.05) is 19.1 Å². The lowest BCUT2D eigenvalue weighted by Gasteiger charge is -2.12. The molecule has 0 bridgehead atoms. The summed E-state index contributed by atoms with van der Waals surface area (Å²) in [6.07, 6.45) is 0. The molecule has 0 aliphatic rings. The van der Waals surface area contributed by atoms with E-state index in [1.807, 2.05) is 0 Å². The Morgan fingerprint density at radius 1 is 1.22 bits per heavy atom. The molecule has 2 aromatic carbocycles. The Morgan fingerprint density at radius 3 is 2.52 bits per heavy atom. The minimum atomic E-state index is -0.690. The van der Waals surface area contributed by atoms with Crippen LogP contribution in [0.2, 0.25) is 0 Å². The second kappa shape index (κ2) is 9.18. The van der Waals surface area contributed by atoms with Crippen LogP contribution >= 0.6 is 0 Å². The number of hydrogen-bond acceptors (Lipinski definition) is 7. The van der Waals surface area contributed by atoms with Gasteiger partial charge >= 0.3 is 5.97 Å². The highest BCUT2D eigenvalue weighted by atomic mass is 16.6. The van der Waals surface area contributed by atoms with Gasteiger partial charge in [-0.15, -0.1) is 0 Å². The number of hydrogen-bond donors (Lipinski definition) is 2. The summed E-state index contributed by atoms with van der Waals surface area (Å²) < 4.78 is 10.1. The van der Waals surface area contributed by atoms with E-state index in [9.17, 15) is 14.9 Å². The second-order valence-corrected chi connectivity index (χ2v) is 5.39. The summed E-state index contributed by atoms with van der Waals surface area (Å²) in [4.78, 5) is 26.9. The first-order valence-electron chi connectivity index (χ1n) is 8.11. The van der Waals surface area contributed by atoms with Crippen LogP contribution in [0.25, 0.3) is 0 Å². The van der Waals surface area contributed by atoms with Crippen molar-refractivity contribution in [3.8, 4) is 5.75 Å². The molecule has 2 rings (SSSR count). The predicted octanol–water partition coefficient (Wildman–Crippen LogP) is 3.12. The van der Waals surface area contributed by atoms with E-state index in [0.29, 0.717) is 17.0 Å². The monoisotopic (exact) mass is 372 g/mol. The highest BCUT2D eigenvalue weighted by Gasteiger charge is 2.15. The molecule has 0 saturated heterocycles. The topological polar surface area (TPSA) is 115 Å². The standard InChI is InChI=1S/C18H20N4O5/c1-4-27-18(23)17(21-20-13-6-9-15(26-3)10-7-13)19-16-11-14(22(24)25)8-5-12(16)2/h5-11,20H,4H2,1-3H3,(H,19,21). The molecule has 0 unspecified atom stereocenters. The fraction of sp³-hybridized carbons (Fsp3) is 0.222. The van der Waals surface area contributed by atoms with Crippen LogP contribution in [0.15, 0.2) is 47.5 Å². The average Bonchev–Trinajstić information content (AvgIpc) is 2.66. The van der Waals surface area contributed by atoms with Gasteiger partial charge < -0.3 is 9.47 Å². The number of ether oxygens (including phenoxy) is 2. The van der Waals surface area contributed by atoms with E-state index in [0.717, 1.165) is 0 Å². The summed E-state index contributed by atoms with van der Waals surface area (Å²) in [5.41, 5.74) is 7.04. The number of carbonyl (C=O) groups is 1. The summed E-state index contributed by atoms with van der Waals surface area (Å²) in [5, 5.41) is 11.0. The van der Waals surface area contributed by atoms with Crippen molar-refractivity contribution in [2.45, 2.75) is 13.8 Å². The van der Waals surface area contributed by atoms with Gasteiger partial charge in [0.15, 0.2) is 0 Å². The first-order chi connectivity index (χ1) is 12.9. The lowest BCUT2D eigenvalue weighted by molar-refractivity contribution is -0.384. The molecule has 0 saturated carbocycles. The van der Waals surface area contributed by atoms with E-state index in [1.54, 1.807) is 51.3 Å². The smallest absolute Gasteiger partial charge is 0.375 e. The normalized spacial score (nSPS) is 10.9. The number of hydrazine groups is 1. The molecule has 2 N–H and O–H groups in total. The van der Waals surface area contributed by atoms with Crippen molar-refractivity contribution >= 4 is 28.9 Å². The molecule has 0 spiro atoms. The number of benzene rings is 2. The zero-order valence-electron chi connectivity index (χ0n) is 15.2. The molecule has 0 atom stereocenters. The molecule has 2 aromatic rings. The number of rotatable bonds is 6. The molecule has 142 valence electrons. The Morgan fingerprint density at radius 2 is 1.93 bits per heavy atom. The molecule has 0 heterocycles. The van der Waals surface area contributed by atoms with Crippen molar-refractivity contribution in [2.24, 2.45) is 4.99 Å². The molecule has 0 aliphatic heterocycles. The van der Waals surface area contributed by atoms with E-state index >= 15 is 0 Å². The molecule has 0 aliphatic carbocycles. The third kappa shape index (κ3) is 5.43. The van der Waals surface area contributed by atoms with E-state index in [2.05, 4.69) is 15.8 Å². The summed E-state index contributed by atoms with van der Waals surface area (Å²) >= 11 is 0. The van der Waals surface area contributed by atoms with Crippen molar-refractivity contribution in [1.29, 1.82) is 0 Å². The van der Waals surface area contributed by atoms with E-state index in [1.165, 1.54) is 12.1 Å². The van der Waals surface area contributed by atoms with Gasteiger partial charge in [0.25, 0.3) is 5.69 Å². The molecular weight excluding hydrogens is 352 g/mol. The van der Waals surface area contributed by atoms with E-state index in [-0.39, 0.29) is 23.8 Å². The molecule has 0 fully saturated rings. The Balaban J connectivity index is 2.28. The Kier molecular flexibility index (Phi) is 6.70. The van der Waals surface area contributed by atoms with Gasteiger partial charge in [0.05, 0.1) is 30.0 Å². The average molecular weight is 372 g/mol. The summed E-state index contributed by atoms with van der Waals surface area (Å²) in [6.45, 7) is 3.57. The summed E-state index contributed by atoms with van der Waals surface area (Å²) in [6, 6.07) is 11.2. The van der Waals surface area contributed by atoms with E-state index in [4.69, 9.17) is 9.47 Å². The van der Waals surface area contributed by atoms with Crippen molar-refractivity contribution < 1.29 is 19.2 Å². The third-order valence-corrected chi connectivity index (χ3v) is 3.52. The van der Waals surface area contributed by atoms with Gasteiger partial charge in [-0.2, -0.15) is 0 Å². The summed E-state index contributed by atoms with van der Waals surface area (Å²) in [5.74, 6) is -0.132. The number of carbonyl (C=O) groups excluding carboxylic acids is 1. The number of nitrogens with zero attached hydrogens (tertiary/aromatic N) is 2. The van der Waals surface area contributed by atoms with Crippen LogP contribution in [0.1, 0.15) is 12.5 Å². The van der Waals surface area contributed by atoms with Crippen LogP contribution in [0, 0.1) is 17.0 Å². The van der Waals surface area contributed by atoms with Crippen molar-refractivity contribution in [3.05, 3.63) is 58.1 Å². The molecule has 0 radical (unpaired) electrons. The predicted molar refractivity (Wildman–Crippen MR) is 101 cm³/mol. The quantitative estimate of drug-likeness (QED) is 0.263. The Labute approximate surface area is 156 Å². The fourth-order valence-corrected chi connectivity index (χ4v) is 2.08. The van der Waals surface area contributed by atoms with Gasteiger partial charge in [0, 0.05) is 12.1 Å². The lowest BCUT2D eigenvalue weighted by Crippen LogP contribution is -2.36. The van der Waals surface area contributed by atoms with Crippen molar-refractivity contribution in [3.63, 3.8) is 0 Å². The van der Waals surface area contributed by atoms with Crippen LogP contribution in [0.3, 0.4) is 0 Å². The van der Waals surface area contributed by atoms with Gasteiger partial charge in [0.1, 0.15) is 5.75 Å². The van der Waals surface area contributed by atoms with E-state index < -0.39 is 10.9 Å². The highest BCUT2D eigenvalue weighted by molar-refractivity contribution is 6.36. The molecular formula is C18H20N4O5. The number of nitro groups is 1. The SMILES string of the molecule is CCOC(=O)C(=Nc1cc([N+](=O)[O-])ccc1C)NNc1ccc(OC)cc1. The number of amidine groups is 1. The lowest BCUT2D eigenvalue weighted by atomic mass is 10.2. The van der Waals surface area contributed by atoms with Gasteiger partial charge in [-0.3, -0.25) is 21.0 Å². The highest BCUT2D eigenvalue weighted by Crippen LogP contribution is 2.24. The third-order valence-electron chi connectivity index (χ3n) is 3.52. The van der Waals surface area contributed by atoms with Gasteiger partial charge in [-0.25, -0.2) is 9.79 Å². The number of methoxy groups -OCH3 is 1. The number of anilines is 1. The number of non-ortho nitro benzene ring substituents is 1. The Hall–Kier alpha value is -3.62. The van der Waals surface area contributed by atoms with Crippen LogP contribution in [-0.2, 0) is 9.53 Å². The number of aliphatic imine (C=N–C) groups is 1. The van der Waals surface area contributed by atoms with Crippen LogP contribution in [-0.4, -0.2) is 30.4 Å². The number of nitro benzene ring substituents is 1. The largest absolute Gasteiger partial charge is 0.497 e. The number of nitrogens with one attached hydrogen (secondary N) is 2. The second-order valence-electron chi connectivity index (χ2n) is 5.39. The van der Waals surface area contributed by atoms with Crippen LogP contribution < -0.4 is 15.6 Å². The van der Waals surface area contributed by atoms with Gasteiger partial charge in [-0.1, -0.05) is 6.07 Å². The molecule has 9 heteroatoms. The first kappa shape index (κ1) is 19.7. The van der Waals surface area contributed by atoms with Crippen molar-refractivity contribution in [1.82, 2.24) is 5.43 Å². The minimum absolute atomic E-state index is 0.120. The number of esters is 1. The van der Waals surface area contributed by atoms with Gasteiger partial charge in [-0.05, 0) is 43.7 Å². The van der Waals surface area contributed by atoms with Gasteiger partial charge in [0.2, 0.25) is 5.84 Å². The van der Waals surface area contributed by atoms with Crippen LogP contribution in [0.4, 0.5) is 17.1 Å². The zero-order valence-corrected chi connectivity index (χ0v) is 15.2. The molecule has 0 aromatic heterocycles.